The topological polar surface area (TPSA) is 46.6 Å². The lowest BCUT2D eigenvalue weighted by Crippen LogP contribution is -2.20. The van der Waals surface area contributed by atoms with Gasteiger partial charge in [0.05, 0.1) is 7.11 Å². The van der Waals surface area contributed by atoms with Gasteiger partial charge in [0.2, 0.25) is 0 Å². The van der Waals surface area contributed by atoms with Crippen molar-refractivity contribution in [2.24, 2.45) is 0 Å². The van der Waals surface area contributed by atoms with Crippen molar-refractivity contribution in [3.63, 3.8) is 0 Å². The molecule has 0 atom stereocenters. The highest BCUT2D eigenvalue weighted by molar-refractivity contribution is 6.29. The molecule has 1 aliphatic rings. The fourth-order valence-corrected chi connectivity index (χ4v) is 2.44. The lowest BCUT2D eigenvalue weighted by molar-refractivity contribution is 0.105. The Hall–Kier alpha value is -3.14. The average molecular weight is 305 g/mol. The number of allylic oxidation sites excluding steroid dienone is 1. The number of hydrogen-bond acceptors (Lipinski definition) is 3. The van der Waals surface area contributed by atoms with E-state index < -0.39 is 6.09 Å². The van der Waals surface area contributed by atoms with Gasteiger partial charge in [-0.25, -0.2) is 4.79 Å². The van der Waals surface area contributed by atoms with E-state index in [1.807, 2.05) is 42.5 Å². The molecule has 0 fully saturated rings. The zero-order chi connectivity index (χ0) is 16.2. The van der Waals surface area contributed by atoms with Crippen LogP contribution in [0.5, 0.6) is 0 Å². The van der Waals surface area contributed by atoms with Crippen LogP contribution >= 0.6 is 0 Å². The summed E-state index contributed by atoms with van der Waals surface area (Å²) in [4.78, 5) is 26.0. The second-order valence-electron chi connectivity index (χ2n) is 5.02. The fourth-order valence-electron chi connectivity index (χ4n) is 2.44. The summed E-state index contributed by atoms with van der Waals surface area (Å²) in [6.45, 7) is 0. The first-order valence-corrected chi connectivity index (χ1v) is 7.16. The maximum Gasteiger partial charge on any atom is 0.417 e. The van der Waals surface area contributed by atoms with Crippen molar-refractivity contribution in [3.05, 3.63) is 83.7 Å². The van der Waals surface area contributed by atoms with Gasteiger partial charge in [-0.1, -0.05) is 54.6 Å². The molecule has 0 aromatic heterocycles. The average Bonchev–Trinajstić information content (AvgIpc) is 2.81. The summed E-state index contributed by atoms with van der Waals surface area (Å²) in [5, 5.41) is 0. The molecule has 1 amide bonds. The van der Waals surface area contributed by atoms with Crippen molar-refractivity contribution in [1.82, 2.24) is 4.90 Å². The minimum Gasteiger partial charge on any atom is -0.452 e. The second kappa shape index (κ2) is 6.32. The van der Waals surface area contributed by atoms with Gasteiger partial charge in [-0.3, -0.25) is 9.69 Å². The van der Waals surface area contributed by atoms with Gasteiger partial charge in [0, 0.05) is 23.5 Å². The van der Waals surface area contributed by atoms with Crippen LogP contribution in [0, 0.1) is 0 Å². The van der Waals surface area contributed by atoms with Crippen molar-refractivity contribution in [2.75, 3.05) is 7.11 Å². The minimum absolute atomic E-state index is 0.143. The number of fused-ring (bicyclic) bond motifs is 1. The molecule has 0 spiro atoms. The van der Waals surface area contributed by atoms with Gasteiger partial charge in [0.1, 0.15) is 0 Å². The first-order valence-electron chi connectivity index (χ1n) is 7.16. The number of rotatable bonds is 2. The Morgan fingerprint density at radius 1 is 0.957 bits per heavy atom. The highest BCUT2D eigenvalue weighted by atomic mass is 16.5. The summed E-state index contributed by atoms with van der Waals surface area (Å²) >= 11 is 0. The van der Waals surface area contributed by atoms with E-state index in [1.165, 1.54) is 18.2 Å². The van der Waals surface area contributed by atoms with Gasteiger partial charge in [-0.05, 0) is 17.2 Å². The van der Waals surface area contributed by atoms with Gasteiger partial charge >= 0.3 is 6.09 Å². The van der Waals surface area contributed by atoms with Gasteiger partial charge < -0.3 is 4.74 Å². The molecule has 1 heterocycles. The number of ketones is 1. The molecular formula is C19H15NO3. The minimum atomic E-state index is -0.549. The molecule has 0 saturated carbocycles. The molecule has 3 rings (SSSR count). The summed E-state index contributed by atoms with van der Waals surface area (Å²) < 4.78 is 4.76. The highest BCUT2D eigenvalue weighted by Gasteiger charge is 2.21. The quantitative estimate of drug-likeness (QED) is 0.789. The van der Waals surface area contributed by atoms with Crippen LogP contribution in [0.3, 0.4) is 0 Å². The molecular weight excluding hydrogens is 290 g/mol. The first-order chi connectivity index (χ1) is 11.2. The predicted molar refractivity (Wildman–Crippen MR) is 88.5 cm³/mol. The number of amides is 1. The number of benzene rings is 2. The summed E-state index contributed by atoms with van der Waals surface area (Å²) in [5.41, 5.74) is 2.67. The molecule has 0 saturated heterocycles. The van der Waals surface area contributed by atoms with Crippen molar-refractivity contribution < 1.29 is 14.3 Å². The number of carbonyl (C=O) groups excluding carboxylic acids is 2. The van der Waals surface area contributed by atoms with E-state index in [1.54, 1.807) is 24.4 Å². The maximum atomic E-state index is 12.9. The standard InChI is InChI=1S/C19H15NO3/c1-23-19(22)20-12-11-14-7-5-6-10-16(14)17(13-20)18(21)15-8-3-2-4-9-15/h2-13H,1H3. The molecule has 0 unspecified atom stereocenters. The Labute approximate surface area is 134 Å². The second-order valence-corrected chi connectivity index (χ2v) is 5.02. The van der Waals surface area contributed by atoms with Crippen molar-refractivity contribution in [3.8, 4) is 0 Å². The van der Waals surface area contributed by atoms with Crippen LogP contribution in [-0.2, 0) is 4.74 Å². The summed E-state index contributed by atoms with van der Waals surface area (Å²) in [6, 6.07) is 16.5. The fraction of sp³-hybridized carbons (Fsp3) is 0.0526. The number of nitrogens with zero attached hydrogens (tertiary/aromatic N) is 1. The lowest BCUT2D eigenvalue weighted by Gasteiger charge is -2.13. The predicted octanol–water partition coefficient (Wildman–Crippen LogP) is 3.96. The Bertz CT molecular complexity index is 806. The van der Waals surface area contributed by atoms with Gasteiger partial charge in [0.25, 0.3) is 0 Å². The monoisotopic (exact) mass is 305 g/mol. The van der Waals surface area contributed by atoms with Crippen LogP contribution in [0.25, 0.3) is 11.6 Å². The molecule has 1 aliphatic heterocycles. The zero-order valence-corrected chi connectivity index (χ0v) is 12.6. The molecule has 4 nitrogen and oxygen atoms in total. The summed E-state index contributed by atoms with van der Waals surface area (Å²) in [5.74, 6) is -0.143. The van der Waals surface area contributed by atoms with Gasteiger partial charge in [0.15, 0.2) is 5.78 Å². The Morgan fingerprint density at radius 2 is 1.65 bits per heavy atom. The maximum absolute atomic E-state index is 12.9. The molecule has 2 aromatic carbocycles. The van der Waals surface area contributed by atoms with Crippen LogP contribution in [0.4, 0.5) is 4.79 Å². The normalized spacial score (nSPS) is 12.9. The van der Waals surface area contributed by atoms with Crippen molar-refractivity contribution in [2.45, 2.75) is 0 Å². The summed E-state index contributed by atoms with van der Waals surface area (Å²) in [6.07, 6.45) is 4.35. The Morgan fingerprint density at radius 3 is 2.39 bits per heavy atom. The van der Waals surface area contributed by atoms with Crippen molar-refractivity contribution in [1.29, 1.82) is 0 Å². The molecule has 4 heteroatoms. The first kappa shape index (κ1) is 14.8. The Kier molecular flexibility index (Phi) is 4.06. The third kappa shape index (κ3) is 2.92. The molecule has 0 bridgehead atoms. The third-order valence-electron chi connectivity index (χ3n) is 3.60. The van der Waals surface area contributed by atoms with Crippen LogP contribution in [0.2, 0.25) is 0 Å². The largest absolute Gasteiger partial charge is 0.452 e. The molecule has 0 radical (unpaired) electrons. The number of ether oxygens (including phenoxy) is 1. The smallest absolute Gasteiger partial charge is 0.417 e. The molecule has 114 valence electrons. The van der Waals surface area contributed by atoms with E-state index in [4.69, 9.17) is 4.74 Å². The van der Waals surface area contributed by atoms with E-state index in [2.05, 4.69) is 0 Å². The van der Waals surface area contributed by atoms with E-state index in [-0.39, 0.29) is 5.78 Å². The summed E-state index contributed by atoms with van der Waals surface area (Å²) in [7, 11) is 1.31. The molecule has 0 aliphatic carbocycles. The molecule has 2 aromatic rings. The molecule has 23 heavy (non-hydrogen) atoms. The van der Waals surface area contributed by atoms with E-state index in [0.29, 0.717) is 11.1 Å². The van der Waals surface area contributed by atoms with E-state index in [9.17, 15) is 9.59 Å². The SMILES string of the molecule is COC(=O)N1C=Cc2ccccc2C(C(=O)c2ccccc2)=C1. The van der Waals surface area contributed by atoms with Crippen LogP contribution in [-0.4, -0.2) is 23.9 Å². The van der Waals surface area contributed by atoms with Gasteiger partial charge in [-0.2, -0.15) is 0 Å². The lowest BCUT2D eigenvalue weighted by atomic mass is 9.94. The highest BCUT2D eigenvalue weighted by Crippen LogP contribution is 2.27. The van der Waals surface area contributed by atoms with Crippen molar-refractivity contribution >= 4 is 23.5 Å². The number of Topliss-reactive ketones (excluding diaryl/α,β-unsaturated/α-hetero) is 1. The van der Waals surface area contributed by atoms with Crippen LogP contribution in [0.15, 0.2) is 67.0 Å². The van der Waals surface area contributed by atoms with Crippen LogP contribution in [0.1, 0.15) is 21.5 Å². The van der Waals surface area contributed by atoms with E-state index in [0.717, 1.165) is 11.1 Å². The number of methoxy groups -OCH3 is 1. The Balaban J connectivity index is 2.12. The molecule has 0 N–H and O–H groups in total. The van der Waals surface area contributed by atoms with E-state index >= 15 is 0 Å². The number of carbonyl (C=O) groups is 2. The van der Waals surface area contributed by atoms with Gasteiger partial charge in [-0.15, -0.1) is 0 Å². The third-order valence-corrected chi connectivity index (χ3v) is 3.60. The zero-order valence-electron chi connectivity index (χ0n) is 12.6. The van der Waals surface area contributed by atoms with Crippen LogP contribution < -0.4 is 0 Å². The number of hydrogen-bond donors (Lipinski definition) is 0.